The molecular formula is C35H28F2O6. The van der Waals surface area contributed by atoms with Crippen LogP contribution in [0.3, 0.4) is 0 Å². The first kappa shape index (κ1) is 30.5. The van der Waals surface area contributed by atoms with Gasteiger partial charge in [0.25, 0.3) is 0 Å². The van der Waals surface area contributed by atoms with Crippen LogP contribution in [0.5, 0.6) is 23.0 Å². The number of phenols is 1. The lowest BCUT2D eigenvalue weighted by molar-refractivity contribution is 0.103. The number of methoxy groups -OCH3 is 2. The molecule has 0 atom stereocenters. The zero-order valence-corrected chi connectivity index (χ0v) is 23.4. The monoisotopic (exact) mass is 582 g/mol. The minimum Gasteiger partial charge on any atom is -0.504 e. The molecule has 8 heteroatoms. The van der Waals surface area contributed by atoms with E-state index in [-0.39, 0.29) is 28.6 Å². The predicted molar refractivity (Wildman–Crippen MR) is 158 cm³/mol. The molecule has 0 spiro atoms. The Bertz CT molecular complexity index is 1720. The molecule has 218 valence electrons. The number of carbonyl (C=O) groups excluding carboxylic acids is 2. The highest BCUT2D eigenvalue weighted by Crippen LogP contribution is 2.30. The highest BCUT2D eigenvalue weighted by atomic mass is 19.1. The van der Waals surface area contributed by atoms with Crippen molar-refractivity contribution in [3.63, 3.8) is 0 Å². The number of phenolic OH excluding ortho intramolecular Hbond substituents is 1. The van der Waals surface area contributed by atoms with Crippen molar-refractivity contribution in [2.24, 2.45) is 0 Å². The van der Waals surface area contributed by atoms with Crippen LogP contribution in [0.4, 0.5) is 8.78 Å². The van der Waals surface area contributed by atoms with Gasteiger partial charge in [-0.2, -0.15) is 0 Å². The average molecular weight is 583 g/mol. The van der Waals surface area contributed by atoms with Crippen molar-refractivity contribution in [3.8, 4) is 23.0 Å². The number of aromatic hydroxyl groups is 1. The fourth-order valence-corrected chi connectivity index (χ4v) is 4.08. The molecule has 0 amide bonds. The van der Waals surface area contributed by atoms with Gasteiger partial charge in [-0.1, -0.05) is 54.6 Å². The Balaban J connectivity index is 0.000000208. The lowest BCUT2D eigenvalue weighted by atomic mass is 10.0. The first-order chi connectivity index (χ1) is 20.8. The fraction of sp³-hybridized carbons (Fsp3) is 0.0857. The average Bonchev–Trinajstić information content (AvgIpc) is 3.04. The van der Waals surface area contributed by atoms with Crippen molar-refractivity contribution in [1.82, 2.24) is 0 Å². The lowest BCUT2D eigenvalue weighted by Crippen LogP contribution is -2.03. The summed E-state index contributed by atoms with van der Waals surface area (Å²) >= 11 is 0. The van der Waals surface area contributed by atoms with Crippen LogP contribution in [0.1, 0.15) is 37.4 Å². The van der Waals surface area contributed by atoms with Gasteiger partial charge in [0.15, 0.2) is 34.6 Å². The van der Waals surface area contributed by atoms with Crippen molar-refractivity contribution in [3.05, 3.63) is 155 Å². The van der Waals surface area contributed by atoms with Gasteiger partial charge in [-0.15, -0.1) is 0 Å². The van der Waals surface area contributed by atoms with Crippen molar-refractivity contribution in [2.75, 3.05) is 14.2 Å². The maximum Gasteiger partial charge on any atom is 0.193 e. The zero-order chi connectivity index (χ0) is 30.8. The van der Waals surface area contributed by atoms with Gasteiger partial charge in [0.05, 0.1) is 14.2 Å². The van der Waals surface area contributed by atoms with E-state index in [1.165, 1.54) is 74.9 Å². The smallest absolute Gasteiger partial charge is 0.193 e. The molecule has 0 fully saturated rings. The molecule has 1 N–H and O–H groups in total. The van der Waals surface area contributed by atoms with Crippen LogP contribution in [-0.2, 0) is 6.61 Å². The van der Waals surface area contributed by atoms with Crippen molar-refractivity contribution in [2.45, 2.75) is 6.61 Å². The quantitative estimate of drug-likeness (QED) is 0.182. The molecule has 0 aliphatic carbocycles. The van der Waals surface area contributed by atoms with E-state index in [1.807, 2.05) is 30.3 Å². The van der Waals surface area contributed by atoms with Gasteiger partial charge < -0.3 is 19.3 Å². The highest BCUT2D eigenvalue weighted by Gasteiger charge is 2.14. The van der Waals surface area contributed by atoms with E-state index in [0.29, 0.717) is 34.8 Å². The third kappa shape index (κ3) is 8.04. The Morgan fingerprint density at radius 1 is 0.581 bits per heavy atom. The van der Waals surface area contributed by atoms with Crippen LogP contribution in [0.2, 0.25) is 0 Å². The summed E-state index contributed by atoms with van der Waals surface area (Å²) in [5, 5.41) is 9.44. The predicted octanol–water partition coefficient (Wildman–Crippen LogP) is 7.42. The summed E-state index contributed by atoms with van der Waals surface area (Å²) in [4.78, 5) is 24.6. The largest absolute Gasteiger partial charge is 0.504 e. The van der Waals surface area contributed by atoms with Crippen molar-refractivity contribution >= 4 is 11.6 Å². The van der Waals surface area contributed by atoms with Gasteiger partial charge in [-0.3, -0.25) is 9.59 Å². The van der Waals surface area contributed by atoms with E-state index < -0.39 is 11.6 Å². The molecule has 5 aromatic carbocycles. The lowest BCUT2D eigenvalue weighted by Gasteiger charge is -2.12. The molecule has 0 bridgehead atoms. The fourth-order valence-electron chi connectivity index (χ4n) is 4.08. The van der Waals surface area contributed by atoms with Gasteiger partial charge in [-0.25, -0.2) is 8.78 Å². The highest BCUT2D eigenvalue weighted by molar-refractivity contribution is 6.09. The molecule has 0 radical (unpaired) electrons. The summed E-state index contributed by atoms with van der Waals surface area (Å²) < 4.78 is 42.4. The summed E-state index contributed by atoms with van der Waals surface area (Å²) in [6, 6.07) is 30.0. The van der Waals surface area contributed by atoms with Crippen LogP contribution in [0.25, 0.3) is 0 Å². The molecule has 0 saturated heterocycles. The van der Waals surface area contributed by atoms with Crippen LogP contribution in [0, 0.1) is 11.6 Å². The molecule has 0 aromatic heterocycles. The van der Waals surface area contributed by atoms with E-state index in [2.05, 4.69) is 0 Å². The number of halogens is 2. The Hall–Kier alpha value is -5.50. The SMILES string of the molecule is COc1cc(C(=O)c2cccc(F)c2)ccc1O.COc1cc(C(=O)c2cccc(F)c2)ccc1OCc1ccccc1. The van der Waals surface area contributed by atoms with Gasteiger partial charge in [0.2, 0.25) is 0 Å². The molecule has 0 aliphatic heterocycles. The molecule has 5 rings (SSSR count). The molecule has 6 nitrogen and oxygen atoms in total. The van der Waals surface area contributed by atoms with E-state index in [4.69, 9.17) is 14.2 Å². The van der Waals surface area contributed by atoms with Crippen LogP contribution < -0.4 is 14.2 Å². The summed E-state index contributed by atoms with van der Waals surface area (Å²) in [6.07, 6.45) is 0. The molecule has 0 unspecified atom stereocenters. The maximum atomic E-state index is 13.3. The second-order valence-electron chi connectivity index (χ2n) is 9.21. The van der Waals surface area contributed by atoms with Crippen molar-refractivity contribution in [1.29, 1.82) is 0 Å². The maximum absolute atomic E-state index is 13.3. The van der Waals surface area contributed by atoms with Crippen LogP contribution in [0.15, 0.2) is 115 Å². The minimum absolute atomic E-state index is 0.0479. The Morgan fingerprint density at radius 3 is 1.63 bits per heavy atom. The molecule has 43 heavy (non-hydrogen) atoms. The second-order valence-corrected chi connectivity index (χ2v) is 9.21. The van der Waals surface area contributed by atoms with E-state index in [1.54, 1.807) is 24.3 Å². The van der Waals surface area contributed by atoms with Crippen molar-refractivity contribution < 1.29 is 37.7 Å². The molecule has 0 saturated carbocycles. The summed E-state index contributed by atoms with van der Waals surface area (Å²) in [5.74, 6) is -0.349. The number of carbonyl (C=O) groups is 2. The van der Waals surface area contributed by atoms with Gasteiger partial charge in [0.1, 0.15) is 18.2 Å². The third-order valence-corrected chi connectivity index (χ3v) is 6.28. The zero-order valence-electron chi connectivity index (χ0n) is 23.4. The summed E-state index contributed by atoms with van der Waals surface area (Å²) in [6.45, 7) is 0.397. The standard InChI is InChI=1S/C21H17FO3.C14H11FO3/c1-24-20-13-17(21(23)16-8-5-9-18(22)12-16)10-11-19(20)25-14-15-6-3-2-4-7-15;1-18-13-8-10(5-6-12(13)16)14(17)9-3-2-4-11(15)7-9/h2-13H,14H2,1H3;2-8,16H,1H3. The minimum atomic E-state index is -0.466. The number of ether oxygens (including phenoxy) is 3. The topological polar surface area (TPSA) is 82.1 Å². The third-order valence-electron chi connectivity index (χ3n) is 6.28. The van der Waals surface area contributed by atoms with Crippen LogP contribution >= 0.6 is 0 Å². The molecule has 0 heterocycles. The van der Waals surface area contributed by atoms with E-state index in [0.717, 1.165) is 5.56 Å². The number of benzene rings is 5. The van der Waals surface area contributed by atoms with Gasteiger partial charge in [0, 0.05) is 22.3 Å². The van der Waals surface area contributed by atoms with Gasteiger partial charge >= 0.3 is 0 Å². The number of hydrogen-bond donors (Lipinski definition) is 1. The first-order valence-electron chi connectivity index (χ1n) is 13.1. The van der Waals surface area contributed by atoms with E-state index >= 15 is 0 Å². The number of rotatable bonds is 9. The summed E-state index contributed by atoms with van der Waals surface area (Å²) in [5.41, 5.74) is 2.32. The van der Waals surface area contributed by atoms with E-state index in [9.17, 15) is 23.5 Å². The summed E-state index contributed by atoms with van der Waals surface area (Å²) in [7, 11) is 2.91. The Labute approximate surface area is 247 Å². The second kappa shape index (κ2) is 14.4. The Morgan fingerprint density at radius 2 is 1.09 bits per heavy atom. The molecule has 5 aromatic rings. The van der Waals surface area contributed by atoms with Gasteiger partial charge in [-0.05, 0) is 66.2 Å². The number of hydrogen-bond acceptors (Lipinski definition) is 6. The molecule has 0 aliphatic rings. The Kier molecular flexibility index (Phi) is 10.2. The van der Waals surface area contributed by atoms with Crippen LogP contribution in [-0.4, -0.2) is 30.9 Å². The normalized spacial score (nSPS) is 10.2. The first-order valence-corrected chi connectivity index (χ1v) is 13.1. The molecular weight excluding hydrogens is 554 g/mol. The number of ketones is 2.